The van der Waals surface area contributed by atoms with Crippen molar-refractivity contribution < 1.29 is 23.0 Å². The number of hydrogen-bond donors (Lipinski definition) is 0. The molecule has 0 saturated carbocycles. The summed E-state index contributed by atoms with van der Waals surface area (Å²) < 4.78 is 39.9. The fourth-order valence-corrected chi connectivity index (χ4v) is 6.17. The van der Waals surface area contributed by atoms with Crippen molar-refractivity contribution >= 4 is 17.3 Å². The van der Waals surface area contributed by atoms with Gasteiger partial charge in [-0.3, -0.25) is 9.69 Å². The fraction of sp³-hybridized carbons (Fsp3) is 0.500. The van der Waals surface area contributed by atoms with Gasteiger partial charge in [-0.15, -0.1) is 0 Å². The number of anilines is 2. The molecule has 0 spiro atoms. The van der Waals surface area contributed by atoms with Crippen LogP contribution in [0.25, 0.3) is 0 Å². The first-order valence-corrected chi connectivity index (χ1v) is 14.1. The summed E-state index contributed by atoms with van der Waals surface area (Å²) in [4.78, 5) is 25.4. The summed E-state index contributed by atoms with van der Waals surface area (Å²) in [7, 11) is 0. The number of amides is 1. The predicted octanol–water partition coefficient (Wildman–Crippen LogP) is 3.12. The van der Waals surface area contributed by atoms with E-state index in [1.807, 2.05) is 23.6 Å². The molecule has 1 aromatic carbocycles. The van der Waals surface area contributed by atoms with Crippen molar-refractivity contribution in [1.29, 1.82) is 5.26 Å². The van der Waals surface area contributed by atoms with E-state index in [1.54, 1.807) is 0 Å². The zero-order chi connectivity index (χ0) is 29.1. The average Bonchev–Trinajstić information content (AvgIpc) is 2.96. The molecule has 2 saturated heterocycles. The number of morpholine rings is 1. The Morgan fingerprint density at radius 2 is 1.93 bits per heavy atom. The van der Waals surface area contributed by atoms with Gasteiger partial charge in [0.05, 0.1) is 36.8 Å². The van der Waals surface area contributed by atoms with Crippen LogP contribution in [0.15, 0.2) is 30.9 Å². The molecule has 0 bridgehead atoms. The van der Waals surface area contributed by atoms with Crippen LogP contribution in [0.5, 0.6) is 5.88 Å². The van der Waals surface area contributed by atoms with Gasteiger partial charge in [-0.2, -0.15) is 5.26 Å². The van der Waals surface area contributed by atoms with E-state index in [4.69, 9.17) is 14.5 Å². The van der Waals surface area contributed by atoms with E-state index in [9.17, 15) is 18.8 Å². The summed E-state index contributed by atoms with van der Waals surface area (Å²) >= 11 is 0. The molecule has 11 heteroatoms. The van der Waals surface area contributed by atoms with Crippen LogP contribution in [0, 0.1) is 23.0 Å². The Kier molecular flexibility index (Phi) is 8.71. The van der Waals surface area contributed by atoms with Crippen molar-refractivity contribution in [2.75, 3.05) is 68.9 Å². The number of carbonyl (C=O) groups excluding carboxylic acids is 1. The molecule has 3 aliphatic heterocycles. The van der Waals surface area contributed by atoms with Crippen LogP contribution in [0.2, 0.25) is 0 Å². The molecule has 218 valence electrons. The SMILES string of the molecule is C=CC(=O)N1[C@H](C)CN(c2c(C#N)c(OCCN3CCOCC3)nc3c2CCN(c2ccc(F)cc2F)C3)C[C@@H]1C. The van der Waals surface area contributed by atoms with Crippen molar-refractivity contribution in [3.8, 4) is 11.9 Å². The maximum atomic E-state index is 14.7. The van der Waals surface area contributed by atoms with Crippen LogP contribution in [0.4, 0.5) is 20.2 Å². The first-order valence-electron chi connectivity index (χ1n) is 14.1. The van der Waals surface area contributed by atoms with Crippen LogP contribution in [-0.4, -0.2) is 91.9 Å². The molecule has 9 nitrogen and oxygen atoms in total. The number of hydrogen-bond acceptors (Lipinski definition) is 8. The van der Waals surface area contributed by atoms with Crippen LogP contribution in [0.1, 0.15) is 30.7 Å². The molecule has 1 amide bonds. The highest BCUT2D eigenvalue weighted by Crippen LogP contribution is 2.39. The van der Waals surface area contributed by atoms with Gasteiger partial charge in [-0.05, 0) is 38.5 Å². The molecule has 4 heterocycles. The molecule has 0 aliphatic carbocycles. The van der Waals surface area contributed by atoms with Crippen LogP contribution < -0.4 is 14.5 Å². The van der Waals surface area contributed by atoms with Gasteiger partial charge < -0.3 is 24.2 Å². The van der Waals surface area contributed by atoms with Gasteiger partial charge in [-0.25, -0.2) is 13.8 Å². The van der Waals surface area contributed by atoms with Gasteiger partial charge in [0.2, 0.25) is 11.8 Å². The minimum atomic E-state index is -0.630. The van der Waals surface area contributed by atoms with E-state index in [1.165, 1.54) is 18.2 Å². The van der Waals surface area contributed by atoms with Crippen molar-refractivity contribution in [3.05, 3.63) is 59.3 Å². The predicted molar refractivity (Wildman–Crippen MR) is 151 cm³/mol. The number of fused-ring (bicyclic) bond motifs is 1. The largest absolute Gasteiger partial charge is 0.475 e. The number of halogens is 2. The molecule has 0 radical (unpaired) electrons. The molecular weight excluding hydrogens is 530 g/mol. The number of rotatable bonds is 7. The second kappa shape index (κ2) is 12.4. The summed E-state index contributed by atoms with van der Waals surface area (Å²) in [6.07, 6.45) is 1.85. The monoisotopic (exact) mass is 566 g/mol. The lowest BCUT2D eigenvalue weighted by Crippen LogP contribution is -2.58. The maximum Gasteiger partial charge on any atom is 0.246 e. The molecule has 2 atom stereocenters. The number of nitrogens with zero attached hydrogens (tertiary/aromatic N) is 6. The maximum absolute atomic E-state index is 14.7. The van der Waals surface area contributed by atoms with Gasteiger partial charge in [-0.1, -0.05) is 6.58 Å². The quantitative estimate of drug-likeness (QED) is 0.473. The lowest BCUT2D eigenvalue weighted by molar-refractivity contribution is -0.130. The Hall–Kier alpha value is -3.75. The standard InChI is InChI=1S/C30H36F2N6O3/c1-4-28(39)38-20(2)17-37(18-21(38)3)29-23-7-8-36(27-6-5-22(31)15-25(27)32)19-26(23)34-30(24(29)16-33)41-14-11-35-9-12-40-13-10-35/h4-6,15,20-21H,1,7-14,17-19H2,2-3H3/t20-,21+. The molecular formula is C30H36F2N6O3. The number of benzene rings is 1. The second-order valence-electron chi connectivity index (χ2n) is 10.8. The van der Waals surface area contributed by atoms with Crippen molar-refractivity contribution in [2.24, 2.45) is 0 Å². The van der Waals surface area contributed by atoms with Crippen molar-refractivity contribution in [3.63, 3.8) is 0 Å². The van der Waals surface area contributed by atoms with E-state index in [-0.39, 0.29) is 30.4 Å². The van der Waals surface area contributed by atoms with Gasteiger partial charge in [0.25, 0.3) is 0 Å². The Labute approximate surface area is 239 Å². The highest BCUT2D eigenvalue weighted by molar-refractivity contribution is 5.88. The molecule has 2 fully saturated rings. The summed E-state index contributed by atoms with van der Waals surface area (Å²) in [6, 6.07) is 5.71. The number of ether oxygens (including phenoxy) is 2. The van der Waals surface area contributed by atoms with Crippen molar-refractivity contribution in [2.45, 2.75) is 38.9 Å². The first-order chi connectivity index (χ1) is 19.8. The van der Waals surface area contributed by atoms with Crippen LogP contribution >= 0.6 is 0 Å². The van der Waals surface area contributed by atoms with Gasteiger partial charge in [0.1, 0.15) is 29.9 Å². The van der Waals surface area contributed by atoms with E-state index >= 15 is 0 Å². The Morgan fingerprint density at radius 1 is 1.20 bits per heavy atom. The van der Waals surface area contributed by atoms with E-state index in [0.717, 1.165) is 30.4 Å². The lowest BCUT2D eigenvalue weighted by atomic mass is 9.96. The number of pyridine rings is 1. The van der Waals surface area contributed by atoms with Crippen LogP contribution in [0.3, 0.4) is 0 Å². The number of aromatic nitrogens is 1. The fourth-order valence-electron chi connectivity index (χ4n) is 6.17. The topological polar surface area (TPSA) is 85.2 Å². The zero-order valence-electron chi connectivity index (χ0n) is 23.6. The molecule has 5 rings (SSSR count). The average molecular weight is 567 g/mol. The Balaban J connectivity index is 1.49. The Morgan fingerprint density at radius 3 is 2.59 bits per heavy atom. The highest BCUT2D eigenvalue weighted by Gasteiger charge is 2.36. The summed E-state index contributed by atoms with van der Waals surface area (Å²) in [5, 5.41) is 10.4. The highest BCUT2D eigenvalue weighted by atomic mass is 19.1. The van der Waals surface area contributed by atoms with Gasteiger partial charge in [0.15, 0.2) is 0 Å². The smallest absolute Gasteiger partial charge is 0.246 e. The Bertz CT molecular complexity index is 1330. The second-order valence-corrected chi connectivity index (χ2v) is 10.8. The first kappa shape index (κ1) is 28.8. The molecule has 0 unspecified atom stereocenters. The molecule has 0 N–H and O–H groups in total. The zero-order valence-corrected chi connectivity index (χ0v) is 23.6. The third-order valence-corrected chi connectivity index (χ3v) is 8.07. The number of piperazine rings is 1. The van der Waals surface area contributed by atoms with Gasteiger partial charge in [0, 0.05) is 63.0 Å². The van der Waals surface area contributed by atoms with E-state index < -0.39 is 11.6 Å². The summed E-state index contributed by atoms with van der Waals surface area (Å²) in [5.74, 6) is -1.13. The minimum Gasteiger partial charge on any atom is -0.475 e. The lowest BCUT2D eigenvalue weighted by Gasteiger charge is -2.46. The number of nitriles is 1. The molecule has 1 aromatic heterocycles. The third-order valence-electron chi connectivity index (χ3n) is 8.07. The van der Waals surface area contributed by atoms with E-state index in [2.05, 4.69) is 22.4 Å². The van der Waals surface area contributed by atoms with Crippen molar-refractivity contribution in [1.82, 2.24) is 14.8 Å². The van der Waals surface area contributed by atoms with Gasteiger partial charge >= 0.3 is 0 Å². The third kappa shape index (κ3) is 5.99. The number of carbonyl (C=O) groups is 1. The summed E-state index contributed by atoms with van der Waals surface area (Å²) in [5.41, 5.74) is 3.06. The molecule has 41 heavy (non-hydrogen) atoms. The normalized spacial score (nSPS) is 21.3. The van der Waals surface area contributed by atoms with Crippen LogP contribution in [-0.2, 0) is 22.5 Å². The minimum absolute atomic E-state index is 0.112. The molecule has 3 aliphatic rings. The molecule has 2 aromatic rings. The summed E-state index contributed by atoms with van der Waals surface area (Å²) in [6.45, 7) is 13.5. The van der Waals surface area contributed by atoms with E-state index in [0.29, 0.717) is 69.4 Å².